The molecule has 0 saturated heterocycles. The number of benzene rings is 1. The van der Waals surface area contributed by atoms with Crippen LogP contribution in [0.2, 0.25) is 0 Å². The monoisotopic (exact) mass is 247 g/mol. The van der Waals surface area contributed by atoms with Crippen LogP contribution in [0, 0.1) is 5.92 Å². The van der Waals surface area contributed by atoms with Crippen LogP contribution in [0.15, 0.2) is 30.3 Å². The molecule has 2 N–H and O–H groups in total. The minimum absolute atomic E-state index is 0.137. The maximum Gasteiger partial charge on any atom is 0.0164 e. The summed E-state index contributed by atoms with van der Waals surface area (Å²) in [7, 11) is 0. The molecular weight excluding hydrogens is 218 g/mol. The Bertz CT molecular complexity index is 323. The SMILES string of the molecule is CCC(CC)C(N)C(CC)(CC)c1ccccc1. The van der Waals surface area contributed by atoms with Gasteiger partial charge in [-0.1, -0.05) is 70.9 Å². The average Bonchev–Trinajstić information content (AvgIpc) is 2.43. The number of hydrogen-bond donors (Lipinski definition) is 1. The molecule has 1 rings (SSSR count). The van der Waals surface area contributed by atoms with Crippen molar-refractivity contribution in [3.05, 3.63) is 35.9 Å². The highest BCUT2D eigenvalue weighted by Gasteiger charge is 2.38. The van der Waals surface area contributed by atoms with Gasteiger partial charge < -0.3 is 5.73 Å². The summed E-state index contributed by atoms with van der Waals surface area (Å²) in [6.45, 7) is 9.07. The van der Waals surface area contributed by atoms with Crippen molar-refractivity contribution in [3.8, 4) is 0 Å². The third-order valence-electron chi connectivity index (χ3n) is 4.81. The van der Waals surface area contributed by atoms with Gasteiger partial charge in [-0.2, -0.15) is 0 Å². The minimum Gasteiger partial charge on any atom is -0.327 e. The summed E-state index contributed by atoms with van der Waals surface area (Å²) in [5, 5.41) is 0. The van der Waals surface area contributed by atoms with E-state index < -0.39 is 0 Å². The molecule has 0 radical (unpaired) electrons. The largest absolute Gasteiger partial charge is 0.327 e. The fourth-order valence-electron chi connectivity index (χ4n) is 3.34. The lowest BCUT2D eigenvalue weighted by molar-refractivity contribution is 0.231. The van der Waals surface area contributed by atoms with Crippen molar-refractivity contribution in [2.24, 2.45) is 11.7 Å². The molecule has 0 spiro atoms. The average molecular weight is 247 g/mol. The van der Waals surface area contributed by atoms with Gasteiger partial charge in [-0.25, -0.2) is 0 Å². The Labute approximate surface area is 113 Å². The van der Waals surface area contributed by atoms with Crippen LogP contribution >= 0.6 is 0 Å². The van der Waals surface area contributed by atoms with Gasteiger partial charge in [0.2, 0.25) is 0 Å². The van der Waals surface area contributed by atoms with Crippen molar-refractivity contribution in [1.82, 2.24) is 0 Å². The van der Waals surface area contributed by atoms with E-state index in [1.807, 2.05) is 0 Å². The molecule has 0 bridgehead atoms. The summed E-state index contributed by atoms with van der Waals surface area (Å²) in [5.41, 5.74) is 8.22. The Morgan fingerprint density at radius 3 is 1.83 bits per heavy atom. The third-order valence-corrected chi connectivity index (χ3v) is 4.81. The molecule has 0 aliphatic heterocycles. The predicted octanol–water partition coefficient (Wildman–Crippen LogP) is 4.51. The lowest BCUT2D eigenvalue weighted by atomic mass is 9.66. The molecule has 0 fully saturated rings. The van der Waals surface area contributed by atoms with Crippen LogP contribution in [0.4, 0.5) is 0 Å². The second kappa shape index (κ2) is 6.94. The van der Waals surface area contributed by atoms with Crippen molar-refractivity contribution < 1.29 is 0 Å². The Balaban J connectivity index is 3.14. The van der Waals surface area contributed by atoms with Crippen LogP contribution in [0.5, 0.6) is 0 Å². The quantitative estimate of drug-likeness (QED) is 0.754. The van der Waals surface area contributed by atoms with Crippen molar-refractivity contribution in [3.63, 3.8) is 0 Å². The molecule has 1 aromatic rings. The van der Waals surface area contributed by atoms with E-state index in [1.165, 1.54) is 18.4 Å². The molecule has 102 valence electrons. The molecule has 1 nitrogen and oxygen atoms in total. The molecule has 0 aromatic heterocycles. The van der Waals surface area contributed by atoms with Crippen molar-refractivity contribution in [2.45, 2.75) is 64.8 Å². The normalized spacial score (nSPS) is 13.9. The smallest absolute Gasteiger partial charge is 0.0164 e. The first kappa shape index (κ1) is 15.2. The second-order valence-corrected chi connectivity index (χ2v) is 5.33. The standard InChI is InChI=1S/C17H29N/c1-5-14(6-2)16(18)17(7-3,8-4)15-12-10-9-11-13-15/h9-14,16H,5-8,18H2,1-4H3. The van der Waals surface area contributed by atoms with E-state index in [-0.39, 0.29) is 11.5 Å². The number of hydrogen-bond acceptors (Lipinski definition) is 1. The lowest BCUT2D eigenvalue weighted by Gasteiger charge is -2.42. The first-order valence-corrected chi connectivity index (χ1v) is 7.47. The van der Waals surface area contributed by atoms with E-state index in [2.05, 4.69) is 58.0 Å². The molecule has 1 aromatic carbocycles. The van der Waals surface area contributed by atoms with Crippen LogP contribution in [-0.2, 0) is 5.41 Å². The zero-order valence-corrected chi connectivity index (χ0v) is 12.4. The molecule has 0 aliphatic rings. The summed E-state index contributed by atoms with van der Waals surface area (Å²) < 4.78 is 0. The molecule has 18 heavy (non-hydrogen) atoms. The van der Waals surface area contributed by atoms with Gasteiger partial charge >= 0.3 is 0 Å². The van der Waals surface area contributed by atoms with Crippen LogP contribution in [0.3, 0.4) is 0 Å². The molecule has 0 aliphatic carbocycles. The van der Waals surface area contributed by atoms with Gasteiger partial charge in [0.05, 0.1) is 0 Å². The second-order valence-electron chi connectivity index (χ2n) is 5.33. The first-order valence-electron chi connectivity index (χ1n) is 7.47. The van der Waals surface area contributed by atoms with Gasteiger partial charge in [0, 0.05) is 11.5 Å². The number of nitrogens with two attached hydrogens (primary N) is 1. The van der Waals surface area contributed by atoms with Gasteiger partial charge in [-0.3, -0.25) is 0 Å². The van der Waals surface area contributed by atoms with E-state index in [9.17, 15) is 0 Å². The van der Waals surface area contributed by atoms with Crippen LogP contribution < -0.4 is 5.73 Å². The Hall–Kier alpha value is -0.820. The zero-order valence-electron chi connectivity index (χ0n) is 12.4. The van der Waals surface area contributed by atoms with E-state index >= 15 is 0 Å². The van der Waals surface area contributed by atoms with E-state index in [0.29, 0.717) is 5.92 Å². The van der Waals surface area contributed by atoms with Crippen molar-refractivity contribution >= 4 is 0 Å². The highest BCUT2D eigenvalue weighted by molar-refractivity contribution is 5.28. The fraction of sp³-hybridized carbons (Fsp3) is 0.647. The fourth-order valence-corrected chi connectivity index (χ4v) is 3.34. The van der Waals surface area contributed by atoms with E-state index in [0.717, 1.165) is 12.8 Å². The van der Waals surface area contributed by atoms with Crippen molar-refractivity contribution in [2.75, 3.05) is 0 Å². The van der Waals surface area contributed by atoms with E-state index in [1.54, 1.807) is 0 Å². The van der Waals surface area contributed by atoms with Gasteiger partial charge in [-0.15, -0.1) is 0 Å². The first-order chi connectivity index (χ1) is 8.66. The third kappa shape index (κ3) is 2.77. The zero-order chi connectivity index (χ0) is 13.6. The van der Waals surface area contributed by atoms with Crippen LogP contribution in [0.1, 0.15) is 58.9 Å². The van der Waals surface area contributed by atoms with Gasteiger partial charge in [0.15, 0.2) is 0 Å². The number of rotatable bonds is 7. The predicted molar refractivity (Wildman–Crippen MR) is 80.7 cm³/mol. The van der Waals surface area contributed by atoms with Crippen molar-refractivity contribution in [1.29, 1.82) is 0 Å². The highest BCUT2D eigenvalue weighted by atomic mass is 14.7. The Kier molecular flexibility index (Phi) is 5.87. The topological polar surface area (TPSA) is 26.0 Å². The minimum atomic E-state index is 0.137. The van der Waals surface area contributed by atoms with Gasteiger partial charge in [0.25, 0.3) is 0 Å². The summed E-state index contributed by atoms with van der Waals surface area (Å²) >= 11 is 0. The van der Waals surface area contributed by atoms with E-state index in [4.69, 9.17) is 5.73 Å². The molecule has 1 unspecified atom stereocenters. The summed E-state index contributed by atoms with van der Waals surface area (Å²) in [5.74, 6) is 0.616. The molecule has 0 heterocycles. The summed E-state index contributed by atoms with van der Waals surface area (Å²) in [6, 6.07) is 11.1. The summed E-state index contributed by atoms with van der Waals surface area (Å²) in [6.07, 6.45) is 4.58. The highest BCUT2D eigenvalue weighted by Crippen LogP contribution is 2.38. The molecule has 0 saturated carbocycles. The molecule has 1 atom stereocenters. The Morgan fingerprint density at radius 2 is 1.44 bits per heavy atom. The summed E-state index contributed by atoms with van der Waals surface area (Å²) in [4.78, 5) is 0. The maximum atomic E-state index is 6.67. The Morgan fingerprint density at radius 1 is 0.944 bits per heavy atom. The molecule has 1 heteroatoms. The lowest BCUT2D eigenvalue weighted by Crippen LogP contribution is -2.49. The van der Waals surface area contributed by atoms with Crippen LogP contribution in [-0.4, -0.2) is 6.04 Å². The maximum absolute atomic E-state index is 6.67. The molecular formula is C17H29N. The van der Waals surface area contributed by atoms with Gasteiger partial charge in [-0.05, 0) is 24.3 Å². The van der Waals surface area contributed by atoms with Gasteiger partial charge in [0.1, 0.15) is 0 Å². The van der Waals surface area contributed by atoms with Crippen LogP contribution in [0.25, 0.3) is 0 Å². The molecule has 0 amide bonds.